The van der Waals surface area contributed by atoms with Gasteiger partial charge in [0.15, 0.2) is 0 Å². The third-order valence-electron chi connectivity index (χ3n) is 2.99. The highest BCUT2D eigenvalue weighted by molar-refractivity contribution is 9.10. The van der Waals surface area contributed by atoms with Gasteiger partial charge in [-0.1, -0.05) is 15.9 Å². The number of benzene rings is 1. The van der Waals surface area contributed by atoms with E-state index in [0.29, 0.717) is 4.47 Å². The summed E-state index contributed by atoms with van der Waals surface area (Å²) in [6.07, 6.45) is 1.56. The number of rotatable bonds is 5. The number of amides is 1. The number of halogens is 1. The number of primary sulfonamides is 1. The molecule has 0 aliphatic rings. The molecule has 2 atom stereocenters. The number of nitrogens with one attached hydrogen (secondary N) is 1. The molecule has 0 saturated heterocycles. The van der Waals surface area contributed by atoms with Crippen molar-refractivity contribution in [2.24, 2.45) is 5.14 Å². The maximum absolute atomic E-state index is 12.2. The van der Waals surface area contributed by atoms with E-state index in [2.05, 4.69) is 21.2 Å². The molecule has 3 N–H and O–H groups in total. The minimum Gasteiger partial charge on any atom is -0.351 e. The Morgan fingerprint density at radius 1 is 1.48 bits per heavy atom. The zero-order valence-electron chi connectivity index (χ0n) is 11.8. The van der Waals surface area contributed by atoms with Crippen LogP contribution in [-0.4, -0.2) is 36.6 Å². The summed E-state index contributed by atoms with van der Waals surface area (Å²) in [6.45, 7) is 3.50. The van der Waals surface area contributed by atoms with E-state index in [1.807, 2.05) is 0 Å². The topological polar surface area (TPSA) is 106 Å². The maximum Gasteiger partial charge on any atom is 0.251 e. The van der Waals surface area contributed by atoms with Gasteiger partial charge in [-0.25, -0.2) is 13.6 Å². The molecule has 0 bridgehead atoms. The molecule has 0 aliphatic carbocycles. The molecule has 0 spiro atoms. The molecule has 118 valence electrons. The molecule has 2 unspecified atom stereocenters. The van der Waals surface area contributed by atoms with E-state index >= 15 is 0 Å². The van der Waals surface area contributed by atoms with Gasteiger partial charge in [-0.05, 0) is 31.5 Å². The fourth-order valence-electron chi connectivity index (χ4n) is 1.63. The number of nitrogens with two attached hydrogens (primary N) is 1. The van der Waals surface area contributed by atoms with Gasteiger partial charge in [-0.2, -0.15) is 0 Å². The second kappa shape index (κ2) is 6.99. The zero-order valence-corrected chi connectivity index (χ0v) is 15.1. The third-order valence-corrected chi connectivity index (χ3v) is 5.79. The van der Waals surface area contributed by atoms with Crippen molar-refractivity contribution in [1.29, 1.82) is 0 Å². The van der Waals surface area contributed by atoms with E-state index < -0.39 is 26.7 Å². The first-order valence-electron chi connectivity index (χ1n) is 5.97. The first-order chi connectivity index (χ1) is 9.54. The Kier molecular flexibility index (Phi) is 6.09. The van der Waals surface area contributed by atoms with Crippen LogP contribution in [0, 0.1) is 6.92 Å². The van der Waals surface area contributed by atoms with E-state index in [4.69, 9.17) is 5.14 Å². The lowest BCUT2D eigenvalue weighted by molar-refractivity contribution is 0.0953. The van der Waals surface area contributed by atoms with Gasteiger partial charge in [0.05, 0.1) is 4.90 Å². The average Bonchev–Trinajstić information content (AvgIpc) is 2.36. The Morgan fingerprint density at radius 2 is 2.05 bits per heavy atom. The molecule has 0 saturated carbocycles. The molecule has 9 heteroatoms. The summed E-state index contributed by atoms with van der Waals surface area (Å²) in [5, 5.41) is 7.58. The quantitative estimate of drug-likeness (QED) is 0.770. The number of carbonyl (C=O) groups excluding carboxylic acids is 1. The lowest BCUT2D eigenvalue weighted by Crippen LogP contribution is -2.33. The van der Waals surface area contributed by atoms with Gasteiger partial charge in [-0.15, -0.1) is 0 Å². The van der Waals surface area contributed by atoms with Gasteiger partial charge in [-0.3, -0.25) is 9.00 Å². The lowest BCUT2D eigenvalue weighted by atomic mass is 10.1. The van der Waals surface area contributed by atoms with Crippen LogP contribution in [0.3, 0.4) is 0 Å². The highest BCUT2D eigenvalue weighted by Gasteiger charge is 2.20. The molecule has 1 amide bonds. The van der Waals surface area contributed by atoms with Crippen LogP contribution in [0.1, 0.15) is 22.8 Å². The highest BCUT2D eigenvalue weighted by Crippen LogP contribution is 2.24. The van der Waals surface area contributed by atoms with Gasteiger partial charge in [0.25, 0.3) is 5.91 Å². The molecule has 0 radical (unpaired) electrons. The fraction of sp³-hybridized carbons (Fsp3) is 0.417. The average molecular weight is 397 g/mol. The predicted molar refractivity (Wildman–Crippen MR) is 86.1 cm³/mol. The molecule has 0 aromatic heterocycles. The van der Waals surface area contributed by atoms with Crippen LogP contribution in [0.5, 0.6) is 0 Å². The van der Waals surface area contributed by atoms with Crippen molar-refractivity contribution in [3.8, 4) is 0 Å². The van der Waals surface area contributed by atoms with E-state index in [1.54, 1.807) is 13.2 Å². The molecule has 6 nitrogen and oxygen atoms in total. The van der Waals surface area contributed by atoms with Crippen LogP contribution in [0.25, 0.3) is 0 Å². The van der Waals surface area contributed by atoms with Crippen LogP contribution >= 0.6 is 15.9 Å². The number of hydrogen-bond acceptors (Lipinski definition) is 4. The first-order valence-corrected chi connectivity index (χ1v) is 9.93. The summed E-state index contributed by atoms with van der Waals surface area (Å²) >= 11 is 3.16. The standard InChI is InChI=1S/C12H17BrN2O4S2/c1-7(20(3)17)6-15-12(16)10-4-9(13)5-11(8(10)2)21(14,18)19/h4-5,7H,6H2,1-3H3,(H,15,16)(H2,14,18,19). The second-order valence-corrected chi connectivity index (χ2v) is 8.89. The van der Waals surface area contributed by atoms with Crippen molar-refractivity contribution in [1.82, 2.24) is 5.32 Å². The predicted octanol–water partition coefficient (Wildman–Crippen LogP) is 0.902. The summed E-state index contributed by atoms with van der Waals surface area (Å²) < 4.78 is 34.7. The SMILES string of the molecule is Cc1c(C(=O)NCC(C)S(C)=O)cc(Br)cc1S(N)(=O)=O. The van der Waals surface area contributed by atoms with E-state index in [-0.39, 0.29) is 27.8 Å². The normalized spacial score (nSPS) is 14.5. The Bertz CT molecular complexity index is 689. The Labute approximate surface area is 135 Å². The molecule has 1 rings (SSSR count). The van der Waals surface area contributed by atoms with Gasteiger partial charge in [0.1, 0.15) is 0 Å². The second-order valence-electron chi connectivity index (χ2n) is 4.64. The summed E-state index contributed by atoms with van der Waals surface area (Å²) in [5.74, 6) is -0.434. The van der Waals surface area contributed by atoms with Crippen LogP contribution in [-0.2, 0) is 20.8 Å². The van der Waals surface area contributed by atoms with Crippen molar-refractivity contribution in [2.75, 3.05) is 12.8 Å². The minimum absolute atomic E-state index is 0.103. The maximum atomic E-state index is 12.2. The summed E-state index contributed by atoms with van der Waals surface area (Å²) in [4.78, 5) is 12.1. The fourth-order valence-corrected chi connectivity index (χ4v) is 3.39. The Morgan fingerprint density at radius 3 is 2.52 bits per heavy atom. The van der Waals surface area contributed by atoms with Crippen LogP contribution in [0.4, 0.5) is 0 Å². The largest absolute Gasteiger partial charge is 0.351 e. The molecule has 1 aromatic rings. The van der Waals surface area contributed by atoms with E-state index in [9.17, 15) is 17.4 Å². The van der Waals surface area contributed by atoms with Gasteiger partial charge in [0.2, 0.25) is 10.0 Å². The number of carbonyl (C=O) groups is 1. The highest BCUT2D eigenvalue weighted by atomic mass is 79.9. The van der Waals surface area contributed by atoms with Crippen LogP contribution in [0.15, 0.2) is 21.5 Å². The van der Waals surface area contributed by atoms with E-state index in [0.717, 1.165) is 0 Å². The molecule has 0 heterocycles. The lowest BCUT2D eigenvalue weighted by Gasteiger charge is -2.13. The molecule has 0 fully saturated rings. The minimum atomic E-state index is -3.92. The smallest absolute Gasteiger partial charge is 0.251 e. The summed E-state index contributed by atoms with van der Waals surface area (Å²) in [5.41, 5.74) is 0.492. The van der Waals surface area contributed by atoms with Gasteiger partial charge < -0.3 is 5.32 Å². The van der Waals surface area contributed by atoms with E-state index in [1.165, 1.54) is 19.1 Å². The number of sulfonamides is 1. The van der Waals surface area contributed by atoms with Crippen LogP contribution in [0.2, 0.25) is 0 Å². The number of hydrogen-bond donors (Lipinski definition) is 2. The third kappa shape index (κ3) is 4.87. The molecule has 21 heavy (non-hydrogen) atoms. The first kappa shape index (κ1) is 18.3. The Hall–Kier alpha value is -0.770. The van der Waals surface area contributed by atoms with Gasteiger partial charge >= 0.3 is 0 Å². The van der Waals surface area contributed by atoms with Crippen molar-refractivity contribution in [3.63, 3.8) is 0 Å². The van der Waals surface area contributed by atoms with Crippen molar-refractivity contribution >= 4 is 42.7 Å². The Balaban J connectivity index is 3.11. The van der Waals surface area contributed by atoms with Crippen LogP contribution < -0.4 is 10.5 Å². The molecule has 0 aliphatic heterocycles. The monoisotopic (exact) mass is 396 g/mol. The summed E-state index contributed by atoms with van der Waals surface area (Å²) in [6, 6.07) is 2.87. The molecular weight excluding hydrogens is 380 g/mol. The summed E-state index contributed by atoms with van der Waals surface area (Å²) in [7, 11) is -4.97. The molecular formula is C12H17BrN2O4S2. The van der Waals surface area contributed by atoms with Crippen molar-refractivity contribution in [3.05, 3.63) is 27.7 Å². The van der Waals surface area contributed by atoms with Crippen molar-refractivity contribution in [2.45, 2.75) is 24.0 Å². The van der Waals surface area contributed by atoms with Crippen molar-refractivity contribution < 1.29 is 17.4 Å². The zero-order chi connectivity index (χ0) is 16.4. The van der Waals surface area contributed by atoms with Gasteiger partial charge in [0, 0.05) is 38.9 Å². The molecule has 1 aromatic carbocycles.